The lowest BCUT2D eigenvalue weighted by molar-refractivity contribution is -0.153. The van der Waals surface area contributed by atoms with E-state index in [1.807, 2.05) is 6.08 Å². The van der Waals surface area contributed by atoms with E-state index in [1.54, 1.807) is 48.4 Å². The van der Waals surface area contributed by atoms with E-state index in [0.29, 0.717) is 18.8 Å². The minimum atomic E-state index is -0.933. The number of esters is 1. The summed E-state index contributed by atoms with van der Waals surface area (Å²) in [6.07, 6.45) is 5.08. The molecule has 2 heterocycles. The molecule has 2 bridgehead atoms. The van der Waals surface area contributed by atoms with Crippen LogP contribution in [0.15, 0.2) is 23.9 Å². The molecule has 2 aliphatic heterocycles. The summed E-state index contributed by atoms with van der Waals surface area (Å²) >= 11 is 0. The Morgan fingerprint density at radius 3 is 2.66 bits per heavy atom. The summed E-state index contributed by atoms with van der Waals surface area (Å²) in [5.74, 6) is -0.781. The molecule has 1 fully saturated rings. The highest BCUT2D eigenvalue weighted by atomic mass is 33.1. The summed E-state index contributed by atoms with van der Waals surface area (Å²) in [6.45, 7) is 5.90. The van der Waals surface area contributed by atoms with E-state index in [4.69, 9.17) is 4.74 Å². The van der Waals surface area contributed by atoms with Gasteiger partial charge in [-0.15, -0.1) is 0 Å². The molecule has 32 heavy (non-hydrogen) atoms. The van der Waals surface area contributed by atoms with Crippen LogP contribution in [0.2, 0.25) is 0 Å². The number of hydrogen-bond donors (Lipinski definition) is 4. The summed E-state index contributed by atoms with van der Waals surface area (Å²) in [7, 11) is 3.19. The van der Waals surface area contributed by atoms with Crippen molar-refractivity contribution in [1.29, 1.82) is 0 Å². The Morgan fingerprint density at radius 2 is 1.94 bits per heavy atom. The van der Waals surface area contributed by atoms with Crippen molar-refractivity contribution in [3.05, 3.63) is 23.9 Å². The summed E-state index contributed by atoms with van der Waals surface area (Å²) < 4.78 is 5.61. The van der Waals surface area contributed by atoms with E-state index in [1.165, 1.54) is 6.08 Å². The van der Waals surface area contributed by atoms with Gasteiger partial charge in [-0.3, -0.25) is 14.4 Å². The van der Waals surface area contributed by atoms with Gasteiger partial charge in [-0.1, -0.05) is 47.6 Å². The van der Waals surface area contributed by atoms with Gasteiger partial charge in [0.25, 0.3) is 5.91 Å². The number of hydrogen-bond acceptors (Lipinski definition) is 8. The second-order valence-corrected chi connectivity index (χ2v) is 10.4. The molecule has 4 N–H and O–H groups in total. The molecule has 3 amide bonds. The molecule has 0 spiro atoms. The lowest BCUT2D eigenvalue weighted by Gasteiger charge is -2.25. The van der Waals surface area contributed by atoms with Crippen LogP contribution in [0, 0.1) is 5.92 Å². The van der Waals surface area contributed by atoms with Crippen molar-refractivity contribution in [3.8, 4) is 0 Å². The Bertz CT molecular complexity index is 756. The van der Waals surface area contributed by atoms with Gasteiger partial charge in [0.1, 0.15) is 17.8 Å². The van der Waals surface area contributed by atoms with Gasteiger partial charge in [0.2, 0.25) is 11.8 Å². The maximum Gasteiger partial charge on any atom is 0.329 e. The molecule has 11 heteroatoms. The average molecular weight is 485 g/mol. The number of rotatable bonds is 1. The first-order valence-corrected chi connectivity index (χ1v) is 13.2. The Balaban J connectivity index is 2.40. The Kier molecular flexibility index (Phi) is 11.1. The largest absolute Gasteiger partial charge is 0.456 e. The predicted octanol–water partition coefficient (Wildman–Crippen LogP) is 0.878. The van der Waals surface area contributed by atoms with Gasteiger partial charge in [0.05, 0.1) is 12.5 Å². The second-order valence-electron chi connectivity index (χ2n) is 7.75. The van der Waals surface area contributed by atoms with Crippen LogP contribution in [-0.4, -0.2) is 66.5 Å². The number of carbonyl (C=O) groups is 4. The third-order valence-electron chi connectivity index (χ3n) is 4.84. The molecule has 0 aromatic heterocycles. The van der Waals surface area contributed by atoms with Crippen LogP contribution in [0.3, 0.4) is 0 Å². The molecular weight excluding hydrogens is 452 g/mol. The Hall–Kier alpha value is -1.98. The number of amides is 3. The third-order valence-corrected chi connectivity index (χ3v) is 7.29. The highest BCUT2D eigenvalue weighted by Gasteiger charge is 2.30. The van der Waals surface area contributed by atoms with Crippen LogP contribution in [0.1, 0.15) is 33.6 Å². The lowest BCUT2D eigenvalue weighted by atomic mass is 10.0. The van der Waals surface area contributed by atoms with E-state index in [9.17, 15) is 19.2 Å². The number of carbonyl (C=O) groups excluding carboxylic acids is 4. The van der Waals surface area contributed by atoms with Gasteiger partial charge in [0, 0.05) is 24.6 Å². The lowest BCUT2D eigenvalue weighted by Crippen LogP contribution is -2.52. The van der Waals surface area contributed by atoms with E-state index >= 15 is 0 Å². The third kappa shape index (κ3) is 8.51. The zero-order chi connectivity index (χ0) is 23.5. The molecule has 1 saturated heterocycles. The van der Waals surface area contributed by atoms with E-state index in [-0.39, 0.29) is 29.9 Å². The van der Waals surface area contributed by atoms with E-state index < -0.39 is 30.1 Å². The fourth-order valence-electron chi connectivity index (χ4n) is 3.04. The molecule has 0 aliphatic carbocycles. The molecule has 0 aromatic carbocycles. The topological polar surface area (TPSA) is 126 Å². The fourth-order valence-corrected chi connectivity index (χ4v) is 5.23. The number of nitrogens with one attached hydrogen (secondary N) is 4. The number of allylic oxidation sites excluding steroid dienone is 2. The summed E-state index contributed by atoms with van der Waals surface area (Å²) in [6, 6.07) is -1.49. The van der Waals surface area contributed by atoms with Crippen LogP contribution in [0.25, 0.3) is 0 Å². The highest BCUT2D eigenvalue weighted by molar-refractivity contribution is 8.76. The van der Waals surface area contributed by atoms with Crippen molar-refractivity contribution in [3.63, 3.8) is 0 Å². The first-order valence-electron chi connectivity index (χ1n) is 10.7. The number of fused-ring (bicyclic) bond motifs is 7. The van der Waals surface area contributed by atoms with Crippen LogP contribution in [0.5, 0.6) is 0 Å². The van der Waals surface area contributed by atoms with Crippen molar-refractivity contribution in [2.45, 2.75) is 51.8 Å². The molecule has 0 radical (unpaired) electrons. The Morgan fingerprint density at radius 1 is 1.16 bits per heavy atom. The first-order chi connectivity index (χ1) is 15.3. The number of ether oxygens (including phenoxy) is 1. The van der Waals surface area contributed by atoms with Crippen molar-refractivity contribution < 1.29 is 23.9 Å². The van der Waals surface area contributed by atoms with E-state index in [2.05, 4.69) is 21.3 Å². The quantitative estimate of drug-likeness (QED) is 0.187. The van der Waals surface area contributed by atoms with Crippen LogP contribution >= 0.6 is 21.6 Å². The van der Waals surface area contributed by atoms with Gasteiger partial charge in [-0.05, 0) is 25.3 Å². The monoisotopic (exact) mass is 484 g/mol. The van der Waals surface area contributed by atoms with Crippen molar-refractivity contribution >= 4 is 45.3 Å². The molecule has 178 valence electrons. The summed E-state index contributed by atoms with van der Waals surface area (Å²) in [4.78, 5) is 51.0. The minimum Gasteiger partial charge on any atom is -0.456 e. The van der Waals surface area contributed by atoms with Crippen LogP contribution < -0.4 is 21.3 Å². The zero-order valence-corrected chi connectivity index (χ0v) is 20.3. The molecule has 3 atom stereocenters. The molecule has 2 rings (SSSR count). The molecule has 9 nitrogen and oxygen atoms in total. The molecule has 0 aromatic rings. The van der Waals surface area contributed by atoms with Crippen molar-refractivity contribution in [2.24, 2.45) is 5.92 Å². The summed E-state index contributed by atoms with van der Waals surface area (Å²) in [5, 5.41) is 11.3. The SMILES string of the molecule is C/C=C1\NC(=O)[C@H]2CSSCC/C=C/[C@H](CC(=O)NCCN2)OC(=O)[C@H](C(C)C)NC1=O. The highest BCUT2D eigenvalue weighted by Crippen LogP contribution is 2.23. The van der Waals surface area contributed by atoms with Crippen LogP contribution in [-0.2, 0) is 23.9 Å². The van der Waals surface area contributed by atoms with Gasteiger partial charge >= 0.3 is 5.97 Å². The fraction of sp³-hybridized carbons (Fsp3) is 0.619. The van der Waals surface area contributed by atoms with Crippen molar-refractivity contribution in [2.75, 3.05) is 24.6 Å². The van der Waals surface area contributed by atoms with Gasteiger partial charge in [0.15, 0.2) is 0 Å². The second kappa shape index (κ2) is 13.5. The van der Waals surface area contributed by atoms with E-state index in [0.717, 1.165) is 12.2 Å². The van der Waals surface area contributed by atoms with Gasteiger partial charge in [-0.25, -0.2) is 4.79 Å². The predicted molar refractivity (Wildman–Crippen MR) is 127 cm³/mol. The maximum atomic E-state index is 12.9. The van der Waals surface area contributed by atoms with Crippen molar-refractivity contribution in [1.82, 2.24) is 21.3 Å². The standard InChI is InChI=1S/C21H32N4O5S2/c1-4-15-19(27)25-18(13(2)3)21(29)30-14-7-5-6-10-31-32-12-16(20(28)24-15)22-8-9-23-17(26)11-14/h4-5,7,13-14,16,18,22H,6,8-12H2,1-3H3,(H,23,26)(H,24,28)(H,25,27)/b7-5+,15-4-/t14-,16-,18+/m1/s1. The van der Waals surface area contributed by atoms with Gasteiger partial charge < -0.3 is 26.0 Å². The minimum absolute atomic E-state index is 0.0209. The zero-order valence-electron chi connectivity index (χ0n) is 18.6. The first kappa shape index (κ1) is 26.3. The molecule has 2 aliphatic rings. The van der Waals surface area contributed by atoms with Crippen LogP contribution in [0.4, 0.5) is 0 Å². The molecular formula is C21H32N4O5S2. The Labute approximate surface area is 196 Å². The molecule has 0 saturated carbocycles. The smallest absolute Gasteiger partial charge is 0.329 e. The maximum absolute atomic E-state index is 12.9. The average Bonchev–Trinajstić information content (AvgIpc) is 2.74. The summed E-state index contributed by atoms with van der Waals surface area (Å²) in [5.41, 5.74) is 0.0686. The normalized spacial score (nSPS) is 29.5. The molecule has 0 unspecified atom stereocenters. The van der Waals surface area contributed by atoms with Gasteiger partial charge in [-0.2, -0.15) is 0 Å².